The summed E-state index contributed by atoms with van der Waals surface area (Å²) in [6.45, 7) is 5.30. The summed E-state index contributed by atoms with van der Waals surface area (Å²) >= 11 is 0. The third-order valence-electron chi connectivity index (χ3n) is 5.26. The van der Waals surface area contributed by atoms with Crippen molar-refractivity contribution in [3.63, 3.8) is 0 Å². The number of hydrogen-bond acceptors (Lipinski definition) is 3. The first-order chi connectivity index (χ1) is 9.78. The van der Waals surface area contributed by atoms with Gasteiger partial charge in [-0.2, -0.15) is 0 Å². The fraction of sp³-hybridized carbons (Fsp3) is 0.706. The van der Waals surface area contributed by atoms with Gasteiger partial charge in [-0.15, -0.1) is 0 Å². The first-order valence-electron chi connectivity index (χ1n) is 8.12. The molecule has 0 saturated heterocycles. The number of fused-ring (bicyclic) bond motifs is 2. The van der Waals surface area contributed by atoms with Gasteiger partial charge in [-0.25, -0.2) is 0 Å². The Bertz CT molecular complexity index is 446. The van der Waals surface area contributed by atoms with Crippen LogP contribution < -0.4 is 10.2 Å². The van der Waals surface area contributed by atoms with E-state index in [9.17, 15) is 0 Å². The van der Waals surface area contributed by atoms with Crippen molar-refractivity contribution in [1.82, 2.24) is 10.3 Å². The summed E-state index contributed by atoms with van der Waals surface area (Å²) in [5.41, 5.74) is 2.67. The molecule has 0 spiro atoms. The van der Waals surface area contributed by atoms with Crippen LogP contribution in [-0.4, -0.2) is 25.1 Å². The van der Waals surface area contributed by atoms with Crippen molar-refractivity contribution in [3.05, 3.63) is 24.0 Å². The average Bonchev–Trinajstić information content (AvgIpc) is 3.08. The quantitative estimate of drug-likeness (QED) is 0.863. The number of aromatic nitrogens is 1. The van der Waals surface area contributed by atoms with Gasteiger partial charge in [-0.1, -0.05) is 13.3 Å². The predicted octanol–water partition coefficient (Wildman–Crippen LogP) is 3.06. The van der Waals surface area contributed by atoms with Crippen molar-refractivity contribution < 1.29 is 0 Å². The van der Waals surface area contributed by atoms with Gasteiger partial charge in [-0.05, 0) is 55.2 Å². The molecule has 2 fully saturated rings. The maximum absolute atomic E-state index is 4.33. The monoisotopic (exact) mass is 273 g/mol. The van der Waals surface area contributed by atoms with Crippen LogP contribution in [0.2, 0.25) is 0 Å². The maximum Gasteiger partial charge on any atom is 0.0595 e. The van der Waals surface area contributed by atoms with Gasteiger partial charge in [0, 0.05) is 26.3 Å². The van der Waals surface area contributed by atoms with Crippen LogP contribution in [0.4, 0.5) is 5.69 Å². The van der Waals surface area contributed by atoms with Crippen LogP contribution in [0.1, 0.15) is 38.2 Å². The van der Waals surface area contributed by atoms with Crippen molar-refractivity contribution in [2.24, 2.45) is 17.8 Å². The van der Waals surface area contributed by atoms with E-state index in [2.05, 4.69) is 35.2 Å². The Morgan fingerprint density at radius 1 is 1.35 bits per heavy atom. The fourth-order valence-electron chi connectivity index (χ4n) is 4.22. The Kier molecular flexibility index (Phi) is 4.25. The predicted molar refractivity (Wildman–Crippen MR) is 83.8 cm³/mol. The van der Waals surface area contributed by atoms with Crippen LogP contribution in [0.15, 0.2) is 18.5 Å². The summed E-state index contributed by atoms with van der Waals surface area (Å²) in [4.78, 5) is 6.76. The summed E-state index contributed by atoms with van der Waals surface area (Å²) < 4.78 is 0. The van der Waals surface area contributed by atoms with E-state index in [-0.39, 0.29) is 0 Å². The average molecular weight is 273 g/mol. The van der Waals surface area contributed by atoms with Gasteiger partial charge < -0.3 is 10.2 Å². The molecule has 1 N–H and O–H groups in total. The first kappa shape index (κ1) is 13.9. The number of anilines is 1. The van der Waals surface area contributed by atoms with E-state index >= 15 is 0 Å². The highest BCUT2D eigenvalue weighted by Gasteiger charge is 2.39. The molecule has 3 atom stereocenters. The van der Waals surface area contributed by atoms with Crippen LogP contribution in [0.25, 0.3) is 0 Å². The topological polar surface area (TPSA) is 28.2 Å². The van der Waals surface area contributed by atoms with Gasteiger partial charge in [0.2, 0.25) is 0 Å². The molecular formula is C17H27N3. The maximum atomic E-state index is 4.33. The lowest BCUT2D eigenvalue weighted by atomic mass is 9.88. The Hall–Kier alpha value is -1.09. The molecule has 1 aromatic rings. The van der Waals surface area contributed by atoms with Crippen LogP contribution >= 0.6 is 0 Å². The van der Waals surface area contributed by atoms with E-state index in [1.165, 1.54) is 43.5 Å². The SMILES string of the molecule is CCNCc1ccncc1N(C)CC1CC2CCC1C2. The Labute approximate surface area is 122 Å². The standard InChI is InChI=1S/C17H27N3/c1-3-18-10-15-6-7-19-11-17(15)20(2)12-16-9-13-4-5-14(16)8-13/h6-7,11,13-14,16,18H,3-5,8-10,12H2,1-2H3. The molecule has 3 unspecified atom stereocenters. The lowest BCUT2D eigenvalue weighted by molar-refractivity contribution is 0.337. The molecule has 2 bridgehead atoms. The van der Waals surface area contributed by atoms with Crippen LogP contribution in [0, 0.1) is 17.8 Å². The van der Waals surface area contributed by atoms with Gasteiger partial charge in [-0.3, -0.25) is 4.98 Å². The van der Waals surface area contributed by atoms with E-state index < -0.39 is 0 Å². The van der Waals surface area contributed by atoms with Gasteiger partial charge >= 0.3 is 0 Å². The smallest absolute Gasteiger partial charge is 0.0595 e. The minimum absolute atomic E-state index is 0.908. The van der Waals surface area contributed by atoms with Crippen molar-refractivity contribution in [3.8, 4) is 0 Å². The zero-order valence-electron chi connectivity index (χ0n) is 12.8. The summed E-state index contributed by atoms with van der Waals surface area (Å²) in [6.07, 6.45) is 9.85. The molecule has 0 radical (unpaired) electrons. The molecule has 2 aliphatic carbocycles. The molecule has 0 aromatic carbocycles. The van der Waals surface area contributed by atoms with Gasteiger partial charge in [0.1, 0.15) is 0 Å². The summed E-state index contributed by atoms with van der Waals surface area (Å²) in [7, 11) is 2.23. The van der Waals surface area contributed by atoms with Gasteiger partial charge in [0.15, 0.2) is 0 Å². The lowest BCUT2D eigenvalue weighted by Gasteiger charge is -2.29. The van der Waals surface area contributed by atoms with E-state index in [0.29, 0.717) is 0 Å². The molecule has 1 heterocycles. The summed E-state index contributed by atoms with van der Waals surface area (Å²) in [6, 6.07) is 2.15. The first-order valence-corrected chi connectivity index (χ1v) is 8.12. The molecule has 3 nitrogen and oxygen atoms in total. The highest BCUT2D eigenvalue weighted by molar-refractivity contribution is 5.51. The zero-order valence-corrected chi connectivity index (χ0v) is 12.8. The van der Waals surface area contributed by atoms with E-state index in [4.69, 9.17) is 0 Å². The van der Waals surface area contributed by atoms with E-state index in [1.54, 1.807) is 0 Å². The van der Waals surface area contributed by atoms with Crippen molar-refractivity contribution in [2.75, 3.05) is 25.0 Å². The molecule has 0 aliphatic heterocycles. The number of rotatable bonds is 6. The molecule has 3 rings (SSSR count). The summed E-state index contributed by atoms with van der Waals surface area (Å²) in [5, 5.41) is 3.43. The minimum Gasteiger partial charge on any atom is -0.373 e. The number of hydrogen-bond donors (Lipinski definition) is 1. The van der Waals surface area contributed by atoms with Crippen LogP contribution in [0.3, 0.4) is 0 Å². The van der Waals surface area contributed by atoms with Crippen molar-refractivity contribution >= 4 is 5.69 Å². The van der Waals surface area contributed by atoms with Gasteiger partial charge in [0.25, 0.3) is 0 Å². The second kappa shape index (κ2) is 6.13. The third kappa shape index (κ3) is 2.83. The largest absolute Gasteiger partial charge is 0.373 e. The Morgan fingerprint density at radius 3 is 2.95 bits per heavy atom. The molecule has 2 aliphatic rings. The van der Waals surface area contributed by atoms with Crippen LogP contribution in [0.5, 0.6) is 0 Å². The highest BCUT2D eigenvalue weighted by Crippen LogP contribution is 2.48. The molecule has 2 saturated carbocycles. The van der Waals surface area contributed by atoms with Crippen molar-refractivity contribution in [1.29, 1.82) is 0 Å². The van der Waals surface area contributed by atoms with Crippen LogP contribution in [-0.2, 0) is 6.54 Å². The summed E-state index contributed by atoms with van der Waals surface area (Å²) in [5.74, 6) is 2.94. The highest BCUT2D eigenvalue weighted by atomic mass is 15.1. The molecule has 0 amide bonds. The lowest BCUT2D eigenvalue weighted by Crippen LogP contribution is -2.29. The molecular weight excluding hydrogens is 246 g/mol. The second-order valence-electron chi connectivity index (χ2n) is 6.60. The minimum atomic E-state index is 0.908. The molecule has 110 valence electrons. The van der Waals surface area contributed by atoms with E-state index in [1.807, 2.05) is 12.4 Å². The van der Waals surface area contributed by atoms with E-state index in [0.717, 1.165) is 30.8 Å². The van der Waals surface area contributed by atoms with Crippen molar-refractivity contribution in [2.45, 2.75) is 39.2 Å². The fourth-order valence-corrected chi connectivity index (χ4v) is 4.22. The second-order valence-corrected chi connectivity index (χ2v) is 6.60. The normalized spacial score (nSPS) is 28.0. The third-order valence-corrected chi connectivity index (χ3v) is 5.26. The Morgan fingerprint density at radius 2 is 2.25 bits per heavy atom. The number of nitrogens with zero attached hydrogens (tertiary/aromatic N) is 2. The molecule has 20 heavy (non-hydrogen) atoms. The van der Waals surface area contributed by atoms with Gasteiger partial charge in [0.05, 0.1) is 11.9 Å². The Balaban J connectivity index is 1.65. The zero-order chi connectivity index (χ0) is 13.9. The number of nitrogens with one attached hydrogen (secondary N) is 1. The molecule has 3 heteroatoms. The molecule has 1 aromatic heterocycles. The number of pyridine rings is 1.